The van der Waals surface area contributed by atoms with Gasteiger partial charge in [0, 0.05) is 36.3 Å². The summed E-state index contributed by atoms with van der Waals surface area (Å²) in [5, 5.41) is 20.5. The number of rotatable bonds is 7. The van der Waals surface area contributed by atoms with Gasteiger partial charge < -0.3 is 25.5 Å². The lowest BCUT2D eigenvalue weighted by atomic mass is 10.2. The Bertz CT molecular complexity index is 872. The number of nitrogens with zero attached hydrogens (tertiary/aromatic N) is 1. The Hall–Kier alpha value is -2.84. The molecule has 2 heterocycles. The maximum atomic E-state index is 11.8. The summed E-state index contributed by atoms with van der Waals surface area (Å²) in [7, 11) is 1.66. The summed E-state index contributed by atoms with van der Waals surface area (Å²) in [6, 6.07) is 13.3. The van der Waals surface area contributed by atoms with Crippen molar-refractivity contribution in [3.05, 3.63) is 59.4 Å². The first-order valence-corrected chi connectivity index (χ1v) is 9.42. The Morgan fingerprint density at radius 2 is 2.00 bits per heavy atom. The minimum Gasteiger partial charge on any atom is -0.459 e. The molecule has 0 fully saturated rings. The molecule has 0 radical (unpaired) electrons. The summed E-state index contributed by atoms with van der Waals surface area (Å²) < 4.78 is 6.18. The summed E-state index contributed by atoms with van der Waals surface area (Å²) in [4.78, 5) is 16.8. The molecular formula is C19H22N4O3S. The number of furan rings is 1. The molecular weight excluding hydrogens is 364 g/mol. The van der Waals surface area contributed by atoms with Gasteiger partial charge in [-0.25, -0.2) is 0 Å². The van der Waals surface area contributed by atoms with E-state index in [0.29, 0.717) is 25.6 Å². The molecule has 3 aromatic rings. The minimum absolute atomic E-state index is 0.259. The van der Waals surface area contributed by atoms with Crippen molar-refractivity contribution in [2.24, 2.45) is 4.99 Å². The molecule has 0 aliphatic rings. The third kappa shape index (κ3) is 5.08. The summed E-state index contributed by atoms with van der Waals surface area (Å²) in [5.74, 6) is 0.580. The predicted molar refractivity (Wildman–Crippen MR) is 107 cm³/mol. The van der Waals surface area contributed by atoms with Gasteiger partial charge in [-0.2, -0.15) is 0 Å². The number of nitrogens with one attached hydrogen (secondary N) is 3. The van der Waals surface area contributed by atoms with Crippen molar-refractivity contribution < 1.29 is 14.3 Å². The van der Waals surface area contributed by atoms with E-state index in [1.54, 1.807) is 30.5 Å². The molecule has 142 valence electrons. The molecule has 0 spiro atoms. The van der Waals surface area contributed by atoms with Crippen molar-refractivity contribution in [2.45, 2.75) is 6.10 Å². The van der Waals surface area contributed by atoms with Gasteiger partial charge in [0.15, 0.2) is 11.7 Å². The van der Waals surface area contributed by atoms with Crippen LogP contribution in [0.5, 0.6) is 0 Å². The third-order valence-corrected chi connectivity index (χ3v) is 5.12. The number of guanidine groups is 1. The number of amides is 1. The van der Waals surface area contributed by atoms with Crippen LogP contribution in [-0.2, 0) is 0 Å². The van der Waals surface area contributed by atoms with E-state index in [1.165, 1.54) is 6.26 Å². The largest absolute Gasteiger partial charge is 0.459 e. The Balaban J connectivity index is 1.41. The van der Waals surface area contributed by atoms with Crippen LogP contribution < -0.4 is 16.0 Å². The first kappa shape index (κ1) is 18.9. The number of aliphatic hydroxyl groups excluding tert-OH is 1. The number of hydrogen-bond acceptors (Lipinski definition) is 5. The van der Waals surface area contributed by atoms with Crippen LogP contribution in [0.15, 0.2) is 58.1 Å². The lowest BCUT2D eigenvalue weighted by Crippen LogP contribution is -2.42. The summed E-state index contributed by atoms with van der Waals surface area (Å²) in [6.45, 7) is 1.25. The molecule has 27 heavy (non-hydrogen) atoms. The second kappa shape index (κ2) is 9.20. The monoisotopic (exact) mass is 386 g/mol. The molecule has 0 saturated carbocycles. The Morgan fingerprint density at radius 3 is 2.74 bits per heavy atom. The number of aliphatic imine (C=N–C) groups is 1. The van der Waals surface area contributed by atoms with E-state index >= 15 is 0 Å². The van der Waals surface area contributed by atoms with E-state index in [0.717, 1.165) is 15.0 Å². The van der Waals surface area contributed by atoms with Crippen molar-refractivity contribution in [1.82, 2.24) is 16.0 Å². The smallest absolute Gasteiger partial charge is 0.287 e. The molecule has 7 nitrogen and oxygen atoms in total. The second-order valence-corrected chi connectivity index (χ2v) is 6.93. The van der Waals surface area contributed by atoms with Crippen LogP contribution in [0.3, 0.4) is 0 Å². The standard InChI is InChI=1S/C19H22N4O3S/c1-20-19(22-9-8-21-18(25)15-6-4-10-26-15)23-12-14(24)17-11-13-5-2-3-7-16(13)27-17/h2-7,10-11,14,24H,8-9,12H2,1H3,(H,21,25)(H2,20,22,23). The van der Waals surface area contributed by atoms with Crippen LogP contribution in [0, 0.1) is 0 Å². The van der Waals surface area contributed by atoms with Crippen molar-refractivity contribution in [2.75, 3.05) is 26.7 Å². The van der Waals surface area contributed by atoms with Crippen LogP contribution in [0.1, 0.15) is 21.5 Å². The first-order valence-electron chi connectivity index (χ1n) is 8.60. The van der Waals surface area contributed by atoms with E-state index in [-0.39, 0.29) is 11.7 Å². The lowest BCUT2D eigenvalue weighted by Gasteiger charge is -2.14. The highest BCUT2D eigenvalue weighted by Gasteiger charge is 2.12. The number of fused-ring (bicyclic) bond motifs is 1. The van der Waals surface area contributed by atoms with Gasteiger partial charge in [0.1, 0.15) is 6.10 Å². The SMILES string of the molecule is CN=C(NCCNC(=O)c1ccco1)NCC(O)c1cc2ccccc2s1. The number of carbonyl (C=O) groups excluding carboxylic acids is 1. The van der Waals surface area contributed by atoms with Crippen LogP contribution in [0.2, 0.25) is 0 Å². The Morgan fingerprint density at radius 1 is 1.19 bits per heavy atom. The van der Waals surface area contributed by atoms with Gasteiger partial charge in [-0.1, -0.05) is 18.2 Å². The fourth-order valence-electron chi connectivity index (χ4n) is 2.53. The van der Waals surface area contributed by atoms with Gasteiger partial charge in [0.2, 0.25) is 0 Å². The topological polar surface area (TPSA) is 98.9 Å². The van der Waals surface area contributed by atoms with E-state index in [9.17, 15) is 9.90 Å². The summed E-state index contributed by atoms with van der Waals surface area (Å²) in [6.07, 6.45) is 0.834. The van der Waals surface area contributed by atoms with Gasteiger partial charge in [-0.15, -0.1) is 11.3 Å². The Labute approximate surface area is 161 Å². The van der Waals surface area contributed by atoms with E-state index in [1.807, 2.05) is 30.3 Å². The van der Waals surface area contributed by atoms with Crippen molar-refractivity contribution in [3.8, 4) is 0 Å². The molecule has 1 amide bonds. The molecule has 0 bridgehead atoms. The van der Waals surface area contributed by atoms with Gasteiger partial charge in [-0.05, 0) is 29.7 Å². The molecule has 0 aliphatic carbocycles. The fraction of sp³-hybridized carbons (Fsp3) is 0.263. The van der Waals surface area contributed by atoms with Crippen molar-refractivity contribution in [1.29, 1.82) is 0 Å². The highest BCUT2D eigenvalue weighted by molar-refractivity contribution is 7.19. The fourth-order valence-corrected chi connectivity index (χ4v) is 3.58. The van der Waals surface area contributed by atoms with Crippen LogP contribution in [0.4, 0.5) is 0 Å². The zero-order chi connectivity index (χ0) is 19.1. The molecule has 1 unspecified atom stereocenters. The minimum atomic E-state index is -0.625. The zero-order valence-electron chi connectivity index (χ0n) is 14.9. The van der Waals surface area contributed by atoms with E-state index in [4.69, 9.17) is 4.42 Å². The van der Waals surface area contributed by atoms with E-state index < -0.39 is 6.10 Å². The van der Waals surface area contributed by atoms with Crippen LogP contribution >= 0.6 is 11.3 Å². The van der Waals surface area contributed by atoms with Gasteiger partial charge >= 0.3 is 0 Å². The molecule has 0 aliphatic heterocycles. The molecule has 1 aromatic carbocycles. The molecule has 8 heteroatoms. The molecule has 3 rings (SSSR count). The number of carbonyl (C=O) groups is 1. The maximum Gasteiger partial charge on any atom is 0.287 e. The average Bonchev–Trinajstić information content (AvgIpc) is 3.36. The highest BCUT2D eigenvalue weighted by atomic mass is 32.1. The highest BCUT2D eigenvalue weighted by Crippen LogP contribution is 2.29. The normalized spacial score (nSPS) is 12.7. The molecule has 0 saturated heterocycles. The molecule has 1 atom stereocenters. The first-order chi connectivity index (χ1) is 13.2. The van der Waals surface area contributed by atoms with Crippen molar-refractivity contribution in [3.63, 3.8) is 0 Å². The van der Waals surface area contributed by atoms with Crippen molar-refractivity contribution >= 4 is 33.3 Å². The lowest BCUT2D eigenvalue weighted by molar-refractivity contribution is 0.0926. The average molecular weight is 386 g/mol. The summed E-state index contributed by atoms with van der Waals surface area (Å²) >= 11 is 1.58. The third-order valence-electron chi connectivity index (χ3n) is 3.91. The zero-order valence-corrected chi connectivity index (χ0v) is 15.8. The molecule has 2 aromatic heterocycles. The number of thiophene rings is 1. The predicted octanol–water partition coefficient (Wildman–Crippen LogP) is 2.12. The number of hydrogen-bond donors (Lipinski definition) is 4. The Kier molecular flexibility index (Phi) is 6.45. The van der Waals surface area contributed by atoms with E-state index in [2.05, 4.69) is 20.9 Å². The second-order valence-electron chi connectivity index (χ2n) is 5.82. The maximum absolute atomic E-state index is 11.8. The van der Waals surface area contributed by atoms with Crippen LogP contribution in [0.25, 0.3) is 10.1 Å². The van der Waals surface area contributed by atoms with Gasteiger partial charge in [0.25, 0.3) is 5.91 Å². The van der Waals surface area contributed by atoms with Gasteiger partial charge in [-0.3, -0.25) is 9.79 Å². The van der Waals surface area contributed by atoms with Gasteiger partial charge in [0.05, 0.1) is 6.26 Å². The summed E-state index contributed by atoms with van der Waals surface area (Å²) in [5.41, 5.74) is 0. The molecule has 4 N–H and O–H groups in total. The van der Waals surface area contributed by atoms with Crippen LogP contribution in [-0.4, -0.2) is 43.7 Å². The number of benzene rings is 1. The number of aliphatic hydroxyl groups is 1. The quantitative estimate of drug-likeness (QED) is 0.283.